The molecule has 2 atom stereocenters. The second kappa shape index (κ2) is 3.81. The number of carbonyl (C=O) groups is 2. The molecule has 12 heavy (non-hydrogen) atoms. The van der Waals surface area contributed by atoms with Gasteiger partial charge in [0.1, 0.15) is 20.9 Å². The fourth-order valence-corrected chi connectivity index (χ4v) is 1.70. The van der Waals surface area contributed by atoms with Crippen molar-refractivity contribution in [1.82, 2.24) is 4.67 Å². The van der Waals surface area contributed by atoms with Gasteiger partial charge in [-0.1, -0.05) is 0 Å². The highest BCUT2D eigenvalue weighted by Gasteiger charge is 2.48. The van der Waals surface area contributed by atoms with E-state index in [0.29, 0.717) is 6.29 Å². The first kappa shape index (κ1) is 9.39. The lowest BCUT2D eigenvalue weighted by molar-refractivity contribution is -0.153. The Morgan fingerprint density at radius 2 is 2.33 bits per heavy atom. The number of rotatable bonds is 4. The summed E-state index contributed by atoms with van der Waals surface area (Å²) in [6.07, 6.45) is -0.474. The van der Waals surface area contributed by atoms with Gasteiger partial charge in [0.15, 0.2) is 6.10 Å². The van der Waals surface area contributed by atoms with Gasteiger partial charge in [-0.25, -0.2) is 4.57 Å². The molecule has 1 N–H and O–H groups in total. The highest BCUT2D eigenvalue weighted by Crippen LogP contribution is 2.30. The monoisotopic (exact) mass is 206 g/mol. The second-order valence-electron chi connectivity index (χ2n) is 2.01. The van der Waals surface area contributed by atoms with Crippen molar-refractivity contribution < 1.29 is 18.7 Å². The van der Waals surface area contributed by atoms with Crippen molar-refractivity contribution >= 4 is 29.4 Å². The van der Waals surface area contributed by atoms with Gasteiger partial charge in [0.25, 0.3) is 5.91 Å². The molecule has 1 amide bonds. The van der Waals surface area contributed by atoms with Crippen molar-refractivity contribution in [2.45, 2.75) is 12.1 Å². The van der Waals surface area contributed by atoms with Crippen LogP contribution in [0.25, 0.3) is 0 Å². The molecule has 0 radical (unpaired) electrons. The predicted molar refractivity (Wildman–Crippen MR) is 38.8 cm³/mol. The number of β-lactam (4-membered cyclic amide) rings is 1. The molecule has 1 aliphatic rings. The maximum atomic E-state index is 10.9. The Labute approximate surface area is 70.9 Å². The summed E-state index contributed by atoms with van der Waals surface area (Å²) >= 11 is 0. The van der Waals surface area contributed by atoms with Crippen LogP contribution >= 0.6 is 17.2 Å². The molecule has 0 unspecified atom stereocenters. The lowest BCUT2D eigenvalue weighted by Gasteiger charge is -2.37. The van der Waals surface area contributed by atoms with Crippen LogP contribution in [0, 0.1) is 5.16 Å². The van der Waals surface area contributed by atoms with Gasteiger partial charge in [-0.2, -0.15) is 0 Å². The number of nitrogens with zero attached hydrogens (tertiary/aromatic N) is 1. The normalized spacial score (nSPS) is 29.0. The quantitative estimate of drug-likeness (QED) is 0.414. The Kier molecular flexibility index (Phi) is 2.98. The third-order valence-corrected chi connectivity index (χ3v) is 2.46. The minimum Gasteiger partial charge on any atom is -0.301 e. The van der Waals surface area contributed by atoms with E-state index in [2.05, 4.69) is 4.52 Å². The summed E-state index contributed by atoms with van der Waals surface area (Å²) in [7, 11) is -0.683. The van der Waals surface area contributed by atoms with Crippen LogP contribution in [-0.2, 0) is 18.7 Å². The van der Waals surface area contributed by atoms with Gasteiger partial charge < -0.3 is 4.79 Å². The zero-order chi connectivity index (χ0) is 9.14. The van der Waals surface area contributed by atoms with Crippen LogP contribution in [0.5, 0.6) is 0 Å². The average Bonchev–Trinajstić information content (AvgIpc) is 2.09. The van der Waals surface area contributed by atoms with E-state index in [9.17, 15) is 14.2 Å². The first-order valence-electron chi connectivity index (χ1n) is 2.90. The van der Waals surface area contributed by atoms with E-state index >= 15 is 0 Å². The van der Waals surface area contributed by atoms with E-state index in [0.717, 1.165) is 4.67 Å². The number of carbonyl (C=O) groups excluding carboxylic acids is 2. The Balaban J connectivity index is 2.67. The number of aldehydes is 1. The van der Waals surface area contributed by atoms with Gasteiger partial charge in [0.2, 0.25) is 0 Å². The Morgan fingerprint density at radius 3 is 2.75 bits per heavy atom. The van der Waals surface area contributed by atoms with Crippen molar-refractivity contribution in [3.8, 4) is 0 Å². The first-order chi connectivity index (χ1) is 5.76. The highest BCUT2D eigenvalue weighted by molar-refractivity contribution is 7.23. The van der Waals surface area contributed by atoms with Crippen molar-refractivity contribution in [3.63, 3.8) is 0 Å². The van der Waals surface area contributed by atoms with Crippen LogP contribution in [0.3, 0.4) is 0 Å². The molecule has 0 bridgehead atoms. The zero-order valence-electron chi connectivity index (χ0n) is 5.71. The minimum atomic E-state index is -0.973. The van der Waals surface area contributed by atoms with Gasteiger partial charge in [0, 0.05) is 0 Å². The van der Waals surface area contributed by atoms with Crippen molar-refractivity contribution in [1.29, 1.82) is 5.16 Å². The summed E-state index contributed by atoms with van der Waals surface area (Å²) in [6.45, 7) is 0. The topological polar surface area (TPSA) is 87.5 Å². The van der Waals surface area contributed by atoms with Crippen LogP contribution in [0.15, 0.2) is 0 Å². The van der Waals surface area contributed by atoms with Crippen molar-refractivity contribution in [2.24, 2.45) is 0 Å². The molecule has 1 fully saturated rings. The SMILES string of the molecule is N=PN1C(=O)[C@H](OP=O)[C@@H]1C=O. The maximum absolute atomic E-state index is 10.9. The van der Waals surface area contributed by atoms with E-state index < -0.39 is 26.7 Å². The van der Waals surface area contributed by atoms with Gasteiger partial charge in [0.05, 0.1) is 0 Å². The molecule has 0 aromatic carbocycles. The largest absolute Gasteiger partial charge is 0.328 e. The van der Waals surface area contributed by atoms with Crippen molar-refractivity contribution in [3.05, 3.63) is 0 Å². The number of nitrogens with one attached hydrogen (secondary N) is 1. The minimum absolute atomic E-state index is 0.0535. The lowest BCUT2D eigenvalue weighted by Crippen LogP contribution is -2.61. The fourth-order valence-electron chi connectivity index (χ4n) is 0.868. The summed E-state index contributed by atoms with van der Waals surface area (Å²) < 4.78 is 15.4. The highest BCUT2D eigenvalue weighted by atomic mass is 31.1. The molecule has 8 heteroatoms. The van der Waals surface area contributed by atoms with Crippen LogP contribution in [0.2, 0.25) is 0 Å². The molecule has 0 aliphatic carbocycles. The van der Waals surface area contributed by atoms with Crippen LogP contribution < -0.4 is 0 Å². The fraction of sp³-hybridized carbons (Fsp3) is 0.500. The van der Waals surface area contributed by atoms with Gasteiger partial charge >= 0.3 is 8.69 Å². The molecular weight excluding hydrogens is 202 g/mol. The summed E-state index contributed by atoms with van der Waals surface area (Å²) in [6, 6.07) is -0.766. The summed E-state index contributed by atoms with van der Waals surface area (Å²) in [4.78, 5) is 21.2. The summed E-state index contributed by atoms with van der Waals surface area (Å²) in [5.74, 6) is -0.480. The number of hydrogen-bond acceptors (Lipinski definition) is 5. The summed E-state index contributed by atoms with van der Waals surface area (Å²) in [5.41, 5.74) is 0. The third-order valence-electron chi connectivity index (χ3n) is 1.47. The molecule has 64 valence electrons. The molecule has 1 saturated heterocycles. The van der Waals surface area contributed by atoms with E-state index in [4.69, 9.17) is 5.16 Å². The lowest BCUT2D eigenvalue weighted by atomic mass is 10.0. The average molecular weight is 206 g/mol. The summed E-state index contributed by atoms with van der Waals surface area (Å²) in [5, 5.41) is 6.83. The van der Waals surface area contributed by atoms with E-state index in [-0.39, 0.29) is 8.52 Å². The molecule has 0 saturated carbocycles. The first-order valence-corrected chi connectivity index (χ1v) is 4.48. The zero-order valence-corrected chi connectivity index (χ0v) is 7.50. The van der Waals surface area contributed by atoms with Crippen molar-refractivity contribution in [2.75, 3.05) is 0 Å². The molecule has 1 heterocycles. The molecule has 1 rings (SSSR count). The molecule has 6 nitrogen and oxygen atoms in total. The van der Waals surface area contributed by atoms with E-state index in [1.54, 1.807) is 0 Å². The van der Waals surface area contributed by atoms with Gasteiger partial charge in [-0.05, 0) is 0 Å². The molecule has 1 aliphatic heterocycles. The van der Waals surface area contributed by atoms with Gasteiger partial charge in [-0.15, -0.1) is 0 Å². The maximum Gasteiger partial charge on any atom is 0.328 e. The van der Waals surface area contributed by atoms with Crippen LogP contribution in [0.1, 0.15) is 0 Å². The number of amides is 1. The smallest absolute Gasteiger partial charge is 0.301 e. The second-order valence-corrected chi connectivity index (χ2v) is 3.00. The van der Waals surface area contributed by atoms with E-state index in [1.165, 1.54) is 0 Å². The molecule has 0 aromatic rings. The Morgan fingerprint density at radius 1 is 1.67 bits per heavy atom. The van der Waals surface area contributed by atoms with Gasteiger partial charge in [-0.3, -0.25) is 19.2 Å². The molecular formula is C4H4N2O4P2. The van der Waals surface area contributed by atoms with Crippen LogP contribution in [0.4, 0.5) is 0 Å². The van der Waals surface area contributed by atoms with Crippen LogP contribution in [-0.4, -0.2) is 29.0 Å². The predicted octanol–water partition coefficient (Wildman–Crippen LogP) is 0.612. The molecule has 0 aromatic heterocycles. The Bertz CT molecular complexity index is 245. The third kappa shape index (κ3) is 1.29. The standard InChI is InChI=1S/C4H4N2O4P2/c5-11-6-2(1-7)3(4(6)8)10-12-9/h1-3,5H/t2-,3+/m0/s1. The molecule has 0 spiro atoms. The number of hydrogen-bond donors (Lipinski definition) is 1. The Hall–Kier alpha value is -0.700. The van der Waals surface area contributed by atoms with E-state index in [1.807, 2.05) is 0 Å².